The summed E-state index contributed by atoms with van der Waals surface area (Å²) in [6.45, 7) is 4.06. The number of fused-ring (bicyclic) bond motifs is 2. The van der Waals surface area contributed by atoms with Crippen molar-refractivity contribution in [2.45, 2.75) is 45.6 Å². The fraction of sp³-hybridized carbons (Fsp3) is 0.500. The molecule has 1 aromatic carbocycles. The predicted molar refractivity (Wildman–Crippen MR) is 98.6 cm³/mol. The number of nitrogens with zero attached hydrogens (tertiary/aromatic N) is 2. The summed E-state index contributed by atoms with van der Waals surface area (Å²) >= 11 is 0. The number of anilines is 1. The minimum Gasteiger partial charge on any atom is -0.327 e. The lowest BCUT2D eigenvalue weighted by molar-refractivity contribution is -0.121. The van der Waals surface area contributed by atoms with Crippen molar-refractivity contribution >= 4 is 11.6 Å². The average Bonchev–Trinajstić information content (AvgIpc) is 3.02. The molecule has 2 unspecified atom stereocenters. The normalized spacial score (nSPS) is 28.1. The lowest BCUT2D eigenvalue weighted by Crippen LogP contribution is -2.41. The van der Waals surface area contributed by atoms with E-state index in [-0.39, 0.29) is 11.8 Å². The molecule has 5 nitrogen and oxygen atoms in total. The highest BCUT2D eigenvalue weighted by Crippen LogP contribution is 2.44. The zero-order chi connectivity index (χ0) is 17.6. The van der Waals surface area contributed by atoms with Crippen LogP contribution in [0, 0.1) is 31.6 Å². The maximum absolute atomic E-state index is 12.6. The fourth-order valence-electron chi connectivity index (χ4n) is 4.50. The SMILES string of the molecule is Cc1ncn(-c2ccc(NC(=O)C3C[C@H]4CC[C@@H](C3)C4N)cc2)c1C. The van der Waals surface area contributed by atoms with Gasteiger partial charge in [-0.3, -0.25) is 4.79 Å². The molecule has 2 aromatic rings. The zero-order valence-electron chi connectivity index (χ0n) is 14.9. The van der Waals surface area contributed by atoms with E-state index in [1.165, 1.54) is 12.8 Å². The van der Waals surface area contributed by atoms with Gasteiger partial charge in [-0.25, -0.2) is 4.98 Å². The fourth-order valence-corrected chi connectivity index (χ4v) is 4.50. The van der Waals surface area contributed by atoms with E-state index >= 15 is 0 Å². The Morgan fingerprint density at radius 3 is 2.36 bits per heavy atom. The third kappa shape index (κ3) is 2.97. The van der Waals surface area contributed by atoms with Gasteiger partial charge in [0.25, 0.3) is 0 Å². The van der Waals surface area contributed by atoms with Crippen molar-refractivity contribution in [3.63, 3.8) is 0 Å². The quantitative estimate of drug-likeness (QED) is 0.903. The second-order valence-corrected chi connectivity index (χ2v) is 7.66. The van der Waals surface area contributed by atoms with E-state index in [2.05, 4.69) is 21.8 Å². The maximum atomic E-state index is 12.6. The van der Waals surface area contributed by atoms with Gasteiger partial charge in [0, 0.05) is 29.0 Å². The summed E-state index contributed by atoms with van der Waals surface area (Å²) < 4.78 is 2.06. The van der Waals surface area contributed by atoms with Crippen LogP contribution in [0.4, 0.5) is 5.69 Å². The highest BCUT2D eigenvalue weighted by molar-refractivity contribution is 5.92. The number of nitrogens with one attached hydrogen (secondary N) is 1. The largest absolute Gasteiger partial charge is 0.327 e. The number of carbonyl (C=O) groups is 1. The van der Waals surface area contributed by atoms with Gasteiger partial charge in [-0.1, -0.05) is 0 Å². The molecule has 0 saturated heterocycles. The number of amides is 1. The standard InChI is InChI=1S/C20H26N4O/c1-12-13(2)24(11-22-12)18-7-5-17(6-8-18)23-20(25)16-9-14-3-4-15(10-16)19(14)21/h5-8,11,14-16,19H,3-4,9-10,21H2,1-2H3,(H,23,25)/t14-,15+,16?,19?. The molecule has 0 spiro atoms. The highest BCUT2D eigenvalue weighted by Gasteiger charge is 2.42. The number of hydrogen-bond acceptors (Lipinski definition) is 3. The van der Waals surface area contributed by atoms with Crippen molar-refractivity contribution in [1.29, 1.82) is 0 Å². The van der Waals surface area contributed by atoms with Gasteiger partial charge in [-0.2, -0.15) is 0 Å². The van der Waals surface area contributed by atoms with Gasteiger partial charge in [0.15, 0.2) is 0 Å². The molecule has 2 saturated carbocycles. The molecule has 3 N–H and O–H groups in total. The molecule has 1 amide bonds. The van der Waals surface area contributed by atoms with E-state index in [9.17, 15) is 4.79 Å². The number of aromatic nitrogens is 2. The summed E-state index contributed by atoms with van der Waals surface area (Å²) in [7, 11) is 0. The summed E-state index contributed by atoms with van der Waals surface area (Å²) in [6.07, 6.45) is 6.09. The van der Waals surface area contributed by atoms with E-state index in [0.29, 0.717) is 17.9 Å². The Balaban J connectivity index is 1.43. The van der Waals surface area contributed by atoms with Crippen molar-refractivity contribution in [1.82, 2.24) is 9.55 Å². The molecule has 25 heavy (non-hydrogen) atoms. The number of hydrogen-bond donors (Lipinski definition) is 2. The van der Waals surface area contributed by atoms with E-state index < -0.39 is 0 Å². The number of carbonyl (C=O) groups excluding carboxylic acids is 1. The summed E-state index contributed by atoms with van der Waals surface area (Å²) in [5.74, 6) is 1.32. The van der Waals surface area contributed by atoms with E-state index in [1.807, 2.05) is 37.5 Å². The van der Waals surface area contributed by atoms with Crippen LogP contribution in [-0.4, -0.2) is 21.5 Å². The van der Waals surface area contributed by atoms with Crippen molar-refractivity contribution in [3.05, 3.63) is 42.0 Å². The van der Waals surface area contributed by atoms with Crippen LogP contribution in [-0.2, 0) is 4.79 Å². The molecular formula is C20H26N4O. The monoisotopic (exact) mass is 338 g/mol. The third-order valence-electron chi connectivity index (χ3n) is 6.21. The minimum absolute atomic E-state index is 0.107. The van der Waals surface area contributed by atoms with Crippen molar-refractivity contribution < 1.29 is 4.79 Å². The number of aryl methyl sites for hydroxylation is 1. The molecule has 2 aliphatic carbocycles. The van der Waals surface area contributed by atoms with Gasteiger partial charge in [0.2, 0.25) is 5.91 Å². The predicted octanol–water partition coefficient (Wildman–Crippen LogP) is 3.19. The van der Waals surface area contributed by atoms with Gasteiger partial charge in [-0.05, 0) is 75.6 Å². The van der Waals surface area contributed by atoms with Crippen LogP contribution in [0.2, 0.25) is 0 Å². The molecule has 4 atom stereocenters. The molecular weight excluding hydrogens is 312 g/mol. The highest BCUT2D eigenvalue weighted by atomic mass is 16.1. The number of imidazole rings is 1. The molecule has 1 aromatic heterocycles. The summed E-state index contributed by atoms with van der Waals surface area (Å²) in [5, 5.41) is 3.09. The van der Waals surface area contributed by atoms with E-state index in [1.54, 1.807) is 0 Å². The van der Waals surface area contributed by atoms with Gasteiger partial charge >= 0.3 is 0 Å². The van der Waals surface area contributed by atoms with Crippen LogP contribution in [0.1, 0.15) is 37.1 Å². The molecule has 2 aliphatic rings. The van der Waals surface area contributed by atoms with Crippen LogP contribution >= 0.6 is 0 Å². The first-order chi connectivity index (χ1) is 12.0. The van der Waals surface area contributed by atoms with Crippen LogP contribution < -0.4 is 11.1 Å². The molecule has 2 fully saturated rings. The van der Waals surface area contributed by atoms with Crippen LogP contribution in [0.25, 0.3) is 5.69 Å². The number of benzene rings is 1. The minimum atomic E-state index is 0.107. The van der Waals surface area contributed by atoms with E-state index in [4.69, 9.17) is 5.73 Å². The van der Waals surface area contributed by atoms with Crippen LogP contribution in [0.3, 0.4) is 0 Å². The Morgan fingerprint density at radius 1 is 1.16 bits per heavy atom. The first kappa shape index (κ1) is 16.3. The molecule has 1 heterocycles. The van der Waals surface area contributed by atoms with Gasteiger partial charge in [0.05, 0.1) is 12.0 Å². The Labute approximate surface area is 148 Å². The molecule has 2 bridgehead atoms. The maximum Gasteiger partial charge on any atom is 0.227 e. The Morgan fingerprint density at radius 2 is 1.80 bits per heavy atom. The smallest absolute Gasteiger partial charge is 0.227 e. The second kappa shape index (κ2) is 6.30. The number of nitrogens with two attached hydrogens (primary N) is 1. The zero-order valence-corrected chi connectivity index (χ0v) is 14.9. The van der Waals surface area contributed by atoms with Crippen LogP contribution in [0.5, 0.6) is 0 Å². The molecule has 4 rings (SSSR count). The molecule has 132 valence electrons. The van der Waals surface area contributed by atoms with Gasteiger partial charge < -0.3 is 15.6 Å². The summed E-state index contributed by atoms with van der Waals surface area (Å²) in [6, 6.07) is 8.27. The molecule has 5 heteroatoms. The van der Waals surface area contributed by atoms with Crippen molar-refractivity contribution in [3.8, 4) is 5.69 Å². The van der Waals surface area contributed by atoms with E-state index in [0.717, 1.165) is 35.6 Å². The van der Waals surface area contributed by atoms with Crippen LogP contribution in [0.15, 0.2) is 30.6 Å². The first-order valence-corrected chi connectivity index (χ1v) is 9.20. The molecule has 0 aliphatic heterocycles. The number of rotatable bonds is 3. The lowest BCUT2D eigenvalue weighted by Gasteiger charge is -2.32. The first-order valence-electron chi connectivity index (χ1n) is 9.20. The van der Waals surface area contributed by atoms with Crippen molar-refractivity contribution in [2.75, 3.05) is 5.32 Å². The summed E-state index contributed by atoms with van der Waals surface area (Å²) in [5.41, 5.74) is 10.3. The Kier molecular flexibility index (Phi) is 4.12. The van der Waals surface area contributed by atoms with Gasteiger partial charge in [0.1, 0.15) is 0 Å². The average molecular weight is 338 g/mol. The second-order valence-electron chi connectivity index (χ2n) is 7.66. The third-order valence-corrected chi connectivity index (χ3v) is 6.21. The lowest BCUT2D eigenvalue weighted by atomic mass is 9.77. The van der Waals surface area contributed by atoms with Crippen molar-refractivity contribution in [2.24, 2.45) is 23.5 Å². The van der Waals surface area contributed by atoms with Gasteiger partial charge in [-0.15, -0.1) is 0 Å². The Hall–Kier alpha value is -2.14. The Bertz CT molecular complexity index is 765. The topological polar surface area (TPSA) is 72.9 Å². The summed E-state index contributed by atoms with van der Waals surface area (Å²) in [4.78, 5) is 17.0. The molecule has 0 radical (unpaired) electrons.